The fourth-order valence-corrected chi connectivity index (χ4v) is 2.67. The number of benzene rings is 1. The van der Waals surface area contributed by atoms with Gasteiger partial charge >= 0.3 is 5.97 Å². The summed E-state index contributed by atoms with van der Waals surface area (Å²) in [4.78, 5) is 23.6. The molecule has 21 heavy (non-hydrogen) atoms. The molecule has 4 nitrogen and oxygen atoms in total. The highest BCUT2D eigenvalue weighted by atomic mass is 35.5. The zero-order valence-electron chi connectivity index (χ0n) is 10.8. The van der Waals surface area contributed by atoms with E-state index >= 15 is 0 Å². The van der Waals surface area contributed by atoms with E-state index in [2.05, 4.69) is 5.32 Å². The molecule has 2 rings (SSSR count). The summed E-state index contributed by atoms with van der Waals surface area (Å²) in [5, 5.41) is 3.24. The minimum Gasteiger partial charge on any atom is -0.451 e. The van der Waals surface area contributed by atoms with E-state index in [4.69, 9.17) is 27.9 Å². The second-order valence-corrected chi connectivity index (χ2v) is 6.24. The molecule has 1 amide bonds. The van der Waals surface area contributed by atoms with Crippen LogP contribution in [0.25, 0.3) is 0 Å². The molecule has 0 radical (unpaired) electrons. The molecule has 7 heteroatoms. The average molecular weight is 344 g/mol. The topological polar surface area (TPSA) is 55.4 Å². The van der Waals surface area contributed by atoms with Crippen LogP contribution in [-0.2, 0) is 16.1 Å². The Kier molecular flexibility index (Phi) is 5.61. The van der Waals surface area contributed by atoms with E-state index in [1.165, 1.54) is 0 Å². The third-order valence-corrected chi connectivity index (χ3v) is 3.93. The van der Waals surface area contributed by atoms with Crippen molar-refractivity contribution in [3.63, 3.8) is 0 Å². The molecule has 0 saturated heterocycles. The maximum absolute atomic E-state index is 11.6. The third kappa shape index (κ3) is 5.04. The normalized spacial score (nSPS) is 10.2. The fourth-order valence-electron chi connectivity index (χ4n) is 1.52. The molecular weight excluding hydrogens is 333 g/mol. The van der Waals surface area contributed by atoms with Gasteiger partial charge in [-0.05, 0) is 29.8 Å². The molecule has 0 unspecified atom stereocenters. The first kappa shape index (κ1) is 15.8. The zero-order valence-corrected chi connectivity index (χ0v) is 13.1. The van der Waals surface area contributed by atoms with Crippen LogP contribution in [0.1, 0.15) is 15.2 Å². The van der Waals surface area contributed by atoms with Crippen LogP contribution in [0.15, 0.2) is 36.4 Å². The van der Waals surface area contributed by atoms with Gasteiger partial charge in [0, 0.05) is 11.6 Å². The lowest BCUT2D eigenvalue weighted by atomic mass is 10.2. The summed E-state index contributed by atoms with van der Waals surface area (Å²) >= 11 is 12.7. The second-order valence-electron chi connectivity index (χ2n) is 4.09. The molecule has 0 saturated carbocycles. The number of carbonyl (C=O) groups excluding carboxylic acids is 2. The first-order chi connectivity index (χ1) is 10.0. The smallest absolute Gasteiger partial charge is 0.348 e. The highest BCUT2D eigenvalue weighted by molar-refractivity contribution is 7.17. The van der Waals surface area contributed by atoms with Crippen molar-refractivity contribution in [3.8, 4) is 0 Å². The van der Waals surface area contributed by atoms with Crippen molar-refractivity contribution in [3.05, 3.63) is 56.2 Å². The molecule has 0 aliphatic heterocycles. The van der Waals surface area contributed by atoms with Gasteiger partial charge in [0.1, 0.15) is 4.88 Å². The molecule has 1 aromatic carbocycles. The molecule has 2 aromatic rings. The van der Waals surface area contributed by atoms with Gasteiger partial charge in [0.25, 0.3) is 5.91 Å². The molecule has 0 bridgehead atoms. The van der Waals surface area contributed by atoms with Crippen LogP contribution in [0.4, 0.5) is 0 Å². The Hall–Kier alpha value is -1.56. The first-order valence-electron chi connectivity index (χ1n) is 5.98. The highest BCUT2D eigenvalue weighted by Gasteiger charge is 2.12. The van der Waals surface area contributed by atoms with Gasteiger partial charge in [-0.1, -0.05) is 35.3 Å². The molecular formula is C14H11Cl2NO3S. The SMILES string of the molecule is O=C(COC(=O)c1ccc(Cl)s1)NCc1cccc(Cl)c1. The van der Waals surface area contributed by atoms with Crippen LogP contribution < -0.4 is 5.32 Å². The quantitative estimate of drug-likeness (QED) is 0.845. The lowest BCUT2D eigenvalue weighted by molar-refractivity contribution is -0.124. The van der Waals surface area contributed by atoms with Gasteiger partial charge in [0.05, 0.1) is 4.34 Å². The maximum atomic E-state index is 11.6. The van der Waals surface area contributed by atoms with Crippen molar-refractivity contribution in [2.24, 2.45) is 0 Å². The van der Waals surface area contributed by atoms with Gasteiger partial charge in [-0.15, -0.1) is 11.3 Å². The molecule has 0 aliphatic rings. The van der Waals surface area contributed by atoms with Crippen molar-refractivity contribution in [1.29, 1.82) is 0 Å². The van der Waals surface area contributed by atoms with Crippen molar-refractivity contribution in [1.82, 2.24) is 5.32 Å². The summed E-state index contributed by atoms with van der Waals surface area (Å²) in [5.41, 5.74) is 0.868. The van der Waals surface area contributed by atoms with E-state index in [-0.39, 0.29) is 12.5 Å². The summed E-state index contributed by atoms with van der Waals surface area (Å²) < 4.78 is 5.38. The number of carbonyl (C=O) groups is 2. The number of nitrogens with one attached hydrogen (secondary N) is 1. The number of hydrogen-bond acceptors (Lipinski definition) is 4. The Labute approximate surface area is 135 Å². The Morgan fingerprint density at radius 2 is 2.00 bits per heavy atom. The number of thiophene rings is 1. The largest absolute Gasteiger partial charge is 0.451 e. The predicted octanol–water partition coefficient (Wildman–Crippen LogP) is 3.53. The van der Waals surface area contributed by atoms with Crippen LogP contribution in [0.2, 0.25) is 9.36 Å². The molecule has 1 heterocycles. The van der Waals surface area contributed by atoms with Crippen molar-refractivity contribution in [2.45, 2.75) is 6.54 Å². The third-order valence-electron chi connectivity index (χ3n) is 2.49. The zero-order chi connectivity index (χ0) is 15.2. The van der Waals surface area contributed by atoms with Gasteiger partial charge in [-0.2, -0.15) is 0 Å². The highest BCUT2D eigenvalue weighted by Crippen LogP contribution is 2.21. The average Bonchev–Trinajstić information content (AvgIpc) is 2.89. The van der Waals surface area contributed by atoms with E-state index in [0.29, 0.717) is 20.8 Å². The number of esters is 1. The standard InChI is InChI=1S/C14H11Cl2NO3S/c15-10-3-1-2-9(6-10)7-17-13(18)8-20-14(19)11-4-5-12(16)21-11/h1-6H,7-8H2,(H,17,18). The lowest BCUT2D eigenvalue weighted by Gasteiger charge is -2.06. The van der Waals surface area contributed by atoms with Crippen LogP contribution in [0, 0.1) is 0 Å². The predicted molar refractivity (Wildman–Crippen MR) is 82.9 cm³/mol. The van der Waals surface area contributed by atoms with Crippen LogP contribution in [-0.4, -0.2) is 18.5 Å². The second kappa shape index (κ2) is 7.45. The van der Waals surface area contributed by atoms with E-state index in [1.54, 1.807) is 30.3 Å². The van der Waals surface area contributed by atoms with Gasteiger partial charge < -0.3 is 10.1 Å². The van der Waals surface area contributed by atoms with E-state index < -0.39 is 5.97 Å². The Morgan fingerprint density at radius 1 is 1.19 bits per heavy atom. The molecule has 0 aliphatic carbocycles. The minimum absolute atomic E-state index is 0.321. The fraction of sp³-hybridized carbons (Fsp3) is 0.143. The first-order valence-corrected chi connectivity index (χ1v) is 7.55. The van der Waals surface area contributed by atoms with Crippen LogP contribution >= 0.6 is 34.5 Å². The van der Waals surface area contributed by atoms with Gasteiger partial charge in [-0.3, -0.25) is 4.79 Å². The molecule has 1 N–H and O–H groups in total. The van der Waals surface area contributed by atoms with Crippen molar-refractivity contribution < 1.29 is 14.3 Å². The number of halogens is 2. The number of amides is 1. The van der Waals surface area contributed by atoms with E-state index in [1.807, 2.05) is 6.07 Å². The molecule has 0 atom stereocenters. The lowest BCUT2D eigenvalue weighted by Crippen LogP contribution is -2.28. The summed E-state index contributed by atoms with van der Waals surface area (Å²) in [6, 6.07) is 10.3. The molecule has 0 spiro atoms. The molecule has 110 valence electrons. The molecule has 0 fully saturated rings. The van der Waals surface area contributed by atoms with Gasteiger partial charge in [-0.25, -0.2) is 4.79 Å². The van der Waals surface area contributed by atoms with Crippen molar-refractivity contribution in [2.75, 3.05) is 6.61 Å². The van der Waals surface area contributed by atoms with Crippen molar-refractivity contribution >= 4 is 46.4 Å². The van der Waals surface area contributed by atoms with Gasteiger partial charge in [0.15, 0.2) is 6.61 Å². The van der Waals surface area contributed by atoms with Crippen LogP contribution in [0.3, 0.4) is 0 Å². The number of rotatable bonds is 5. The summed E-state index contributed by atoms with van der Waals surface area (Å²) in [7, 11) is 0. The Bertz CT molecular complexity index is 657. The van der Waals surface area contributed by atoms with Crippen LogP contribution in [0.5, 0.6) is 0 Å². The van der Waals surface area contributed by atoms with E-state index in [9.17, 15) is 9.59 Å². The monoisotopic (exact) mass is 343 g/mol. The Balaban J connectivity index is 1.76. The number of hydrogen-bond donors (Lipinski definition) is 1. The minimum atomic E-state index is -0.565. The summed E-state index contributed by atoms with van der Waals surface area (Å²) in [5.74, 6) is -0.948. The summed E-state index contributed by atoms with van der Waals surface area (Å²) in [6.45, 7) is -0.0172. The maximum Gasteiger partial charge on any atom is 0.348 e. The van der Waals surface area contributed by atoms with Gasteiger partial charge in [0.2, 0.25) is 0 Å². The summed E-state index contributed by atoms with van der Waals surface area (Å²) in [6.07, 6.45) is 0. The number of ether oxygens (including phenoxy) is 1. The molecule has 1 aromatic heterocycles. The Morgan fingerprint density at radius 3 is 2.67 bits per heavy atom. The van der Waals surface area contributed by atoms with E-state index in [0.717, 1.165) is 16.9 Å².